The standard InChI is InChI=1S/C25H26N4O2S/c30-24(28-15-18-7-2-1-3-8-18)12-13-26-25(31)29-17-21(23-11-6-14-32-23)20-16-27-22-10-5-4-9-19(20)22/h1-11,14,16,21,27H,12-13,15,17H2,(H,28,30)(H2,26,29,31). The summed E-state index contributed by atoms with van der Waals surface area (Å²) in [7, 11) is 0. The number of thiophene rings is 1. The van der Waals surface area contributed by atoms with E-state index < -0.39 is 0 Å². The highest BCUT2D eigenvalue weighted by molar-refractivity contribution is 7.10. The first kappa shape index (κ1) is 21.6. The Labute approximate surface area is 191 Å². The van der Waals surface area contributed by atoms with Crippen LogP contribution in [0.2, 0.25) is 0 Å². The molecule has 2 aromatic carbocycles. The summed E-state index contributed by atoms with van der Waals surface area (Å²) in [6, 6.07) is 21.7. The molecule has 2 heterocycles. The highest BCUT2D eigenvalue weighted by atomic mass is 32.1. The van der Waals surface area contributed by atoms with Crippen molar-refractivity contribution in [1.29, 1.82) is 0 Å². The number of fused-ring (bicyclic) bond motifs is 1. The fraction of sp³-hybridized carbons (Fsp3) is 0.200. The number of para-hydroxylation sites is 1. The van der Waals surface area contributed by atoms with Crippen LogP contribution in [-0.4, -0.2) is 30.0 Å². The first-order valence-corrected chi connectivity index (χ1v) is 11.5. The van der Waals surface area contributed by atoms with Gasteiger partial charge < -0.3 is 20.9 Å². The smallest absolute Gasteiger partial charge is 0.314 e. The number of nitrogens with one attached hydrogen (secondary N) is 4. The van der Waals surface area contributed by atoms with Gasteiger partial charge in [0.1, 0.15) is 0 Å². The van der Waals surface area contributed by atoms with Crippen LogP contribution in [0.1, 0.15) is 28.3 Å². The van der Waals surface area contributed by atoms with Gasteiger partial charge in [-0.3, -0.25) is 4.79 Å². The Morgan fingerprint density at radius 2 is 1.72 bits per heavy atom. The maximum Gasteiger partial charge on any atom is 0.314 e. The minimum Gasteiger partial charge on any atom is -0.361 e. The minimum atomic E-state index is -0.276. The second kappa shape index (κ2) is 10.6. The topological polar surface area (TPSA) is 86.0 Å². The van der Waals surface area contributed by atoms with E-state index in [1.807, 2.05) is 66.2 Å². The van der Waals surface area contributed by atoms with E-state index in [2.05, 4.69) is 33.1 Å². The van der Waals surface area contributed by atoms with Crippen LogP contribution in [0.4, 0.5) is 4.79 Å². The summed E-state index contributed by atoms with van der Waals surface area (Å²) in [6.07, 6.45) is 2.25. The van der Waals surface area contributed by atoms with Crippen LogP contribution < -0.4 is 16.0 Å². The molecule has 4 aromatic rings. The van der Waals surface area contributed by atoms with E-state index in [9.17, 15) is 9.59 Å². The first-order valence-electron chi connectivity index (χ1n) is 10.6. The Balaban J connectivity index is 1.27. The van der Waals surface area contributed by atoms with Crippen molar-refractivity contribution in [3.8, 4) is 0 Å². The summed E-state index contributed by atoms with van der Waals surface area (Å²) >= 11 is 1.68. The molecule has 2 aromatic heterocycles. The maximum absolute atomic E-state index is 12.4. The minimum absolute atomic E-state index is 0.0473. The average molecular weight is 447 g/mol. The van der Waals surface area contributed by atoms with Gasteiger partial charge in [0, 0.05) is 53.9 Å². The molecule has 0 saturated carbocycles. The summed E-state index contributed by atoms with van der Waals surface area (Å²) in [5.41, 5.74) is 3.28. The van der Waals surface area contributed by atoms with E-state index in [0.717, 1.165) is 22.0 Å². The summed E-state index contributed by atoms with van der Waals surface area (Å²) in [6.45, 7) is 1.23. The molecule has 6 nitrogen and oxygen atoms in total. The molecular weight excluding hydrogens is 420 g/mol. The molecule has 164 valence electrons. The van der Waals surface area contributed by atoms with Gasteiger partial charge in [-0.25, -0.2) is 4.79 Å². The highest BCUT2D eigenvalue weighted by Gasteiger charge is 2.20. The van der Waals surface area contributed by atoms with Crippen molar-refractivity contribution in [2.24, 2.45) is 0 Å². The number of carbonyl (C=O) groups excluding carboxylic acids is 2. The van der Waals surface area contributed by atoms with Crippen LogP contribution in [0.25, 0.3) is 10.9 Å². The fourth-order valence-electron chi connectivity index (χ4n) is 3.67. The van der Waals surface area contributed by atoms with Gasteiger partial charge in [0.2, 0.25) is 5.91 Å². The lowest BCUT2D eigenvalue weighted by Crippen LogP contribution is -2.39. The van der Waals surface area contributed by atoms with E-state index in [1.54, 1.807) is 11.3 Å². The van der Waals surface area contributed by atoms with E-state index in [0.29, 0.717) is 13.1 Å². The Bertz CT molecular complexity index is 1160. The number of H-pyrrole nitrogens is 1. The number of benzene rings is 2. The van der Waals surface area contributed by atoms with Crippen LogP contribution in [0.5, 0.6) is 0 Å². The lowest BCUT2D eigenvalue weighted by molar-refractivity contribution is -0.121. The number of aromatic nitrogens is 1. The molecule has 0 aliphatic heterocycles. The van der Waals surface area contributed by atoms with Gasteiger partial charge in [0.25, 0.3) is 0 Å². The molecule has 3 amide bonds. The van der Waals surface area contributed by atoms with Crippen molar-refractivity contribution in [2.75, 3.05) is 13.1 Å². The summed E-state index contributed by atoms with van der Waals surface area (Å²) in [4.78, 5) is 28.9. The Morgan fingerprint density at radius 1 is 0.906 bits per heavy atom. The first-order chi connectivity index (χ1) is 15.7. The van der Waals surface area contributed by atoms with Crippen molar-refractivity contribution in [1.82, 2.24) is 20.9 Å². The molecule has 0 aliphatic rings. The van der Waals surface area contributed by atoms with Crippen LogP contribution in [0.15, 0.2) is 78.3 Å². The molecule has 1 unspecified atom stereocenters. The second-order valence-corrected chi connectivity index (χ2v) is 8.49. The number of hydrogen-bond acceptors (Lipinski definition) is 3. The zero-order chi connectivity index (χ0) is 22.2. The van der Waals surface area contributed by atoms with Crippen LogP contribution in [0, 0.1) is 0 Å². The molecule has 4 N–H and O–H groups in total. The van der Waals surface area contributed by atoms with Gasteiger partial charge in [-0.15, -0.1) is 11.3 Å². The van der Waals surface area contributed by atoms with Crippen molar-refractivity contribution >= 4 is 34.2 Å². The molecule has 7 heteroatoms. The van der Waals surface area contributed by atoms with Gasteiger partial charge in [-0.1, -0.05) is 54.6 Å². The third-order valence-electron chi connectivity index (χ3n) is 5.32. The predicted molar refractivity (Wildman–Crippen MR) is 129 cm³/mol. The van der Waals surface area contributed by atoms with Crippen molar-refractivity contribution in [3.63, 3.8) is 0 Å². The number of hydrogen-bond donors (Lipinski definition) is 4. The van der Waals surface area contributed by atoms with Crippen molar-refractivity contribution in [2.45, 2.75) is 18.9 Å². The monoisotopic (exact) mass is 446 g/mol. The van der Waals surface area contributed by atoms with E-state index in [1.165, 1.54) is 4.88 Å². The van der Waals surface area contributed by atoms with Gasteiger partial charge >= 0.3 is 6.03 Å². The van der Waals surface area contributed by atoms with E-state index in [4.69, 9.17) is 0 Å². The summed E-state index contributed by atoms with van der Waals surface area (Å²) < 4.78 is 0. The molecule has 0 spiro atoms. The molecule has 1 atom stereocenters. The van der Waals surface area contributed by atoms with Crippen LogP contribution in [-0.2, 0) is 11.3 Å². The number of aromatic amines is 1. The highest BCUT2D eigenvalue weighted by Crippen LogP contribution is 2.32. The van der Waals surface area contributed by atoms with E-state index in [-0.39, 0.29) is 30.8 Å². The largest absolute Gasteiger partial charge is 0.361 e. The summed E-state index contributed by atoms with van der Waals surface area (Å²) in [5, 5.41) is 11.8. The van der Waals surface area contributed by atoms with Crippen LogP contribution >= 0.6 is 11.3 Å². The lowest BCUT2D eigenvalue weighted by Gasteiger charge is -2.16. The van der Waals surface area contributed by atoms with Gasteiger partial charge in [-0.05, 0) is 28.6 Å². The molecule has 0 saturated heterocycles. The third kappa shape index (κ3) is 5.56. The Hall–Kier alpha value is -3.58. The number of urea groups is 1. The normalized spacial score (nSPS) is 11.8. The van der Waals surface area contributed by atoms with Gasteiger partial charge in [0.15, 0.2) is 0 Å². The summed E-state index contributed by atoms with van der Waals surface area (Å²) in [5.74, 6) is -0.0459. The molecule has 0 bridgehead atoms. The lowest BCUT2D eigenvalue weighted by atomic mass is 9.97. The molecule has 0 aliphatic carbocycles. The van der Waals surface area contributed by atoms with Crippen LogP contribution in [0.3, 0.4) is 0 Å². The van der Waals surface area contributed by atoms with Crippen molar-refractivity contribution in [3.05, 3.63) is 94.3 Å². The average Bonchev–Trinajstić information content (AvgIpc) is 3.50. The zero-order valence-corrected chi connectivity index (χ0v) is 18.5. The molecule has 0 radical (unpaired) electrons. The SMILES string of the molecule is O=C(CCNC(=O)NCC(c1cccs1)c1c[nH]c2ccccc12)NCc1ccccc1. The van der Waals surface area contributed by atoms with E-state index >= 15 is 0 Å². The van der Waals surface area contributed by atoms with Gasteiger partial charge in [-0.2, -0.15) is 0 Å². The molecular formula is C25H26N4O2S. The predicted octanol–water partition coefficient (Wildman–Crippen LogP) is 4.37. The quantitative estimate of drug-likeness (QED) is 0.308. The maximum atomic E-state index is 12.4. The van der Waals surface area contributed by atoms with Crippen molar-refractivity contribution < 1.29 is 9.59 Å². The number of rotatable bonds is 9. The zero-order valence-electron chi connectivity index (χ0n) is 17.6. The third-order valence-corrected chi connectivity index (χ3v) is 6.31. The Morgan fingerprint density at radius 3 is 2.53 bits per heavy atom. The molecule has 0 fully saturated rings. The van der Waals surface area contributed by atoms with Gasteiger partial charge in [0.05, 0.1) is 0 Å². The number of amides is 3. The second-order valence-electron chi connectivity index (χ2n) is 7.51. The number of carbonyl (C=O) groups is 2. The molecule has 32 heavy (non-hydrogen) atoms. The fourth-order valence-corrected chi connectivity index (χ4v) is 4.51. The molecule has 4 rings (SSSR count). The Kier molecular flexibility index (Phi) is 7.19.